The van der Waals surface area contributed by atoms with Crippen molar-refractivity contribution >= 4 is 10.8 Å². The van der Waals surface area contributed by atoms with Crippen molar-refractivity contribution in [1.82, 2.24) is 15.1 Å². The third-order valence-corrected chi connectivity index (χ3v) is 4.28. The minimum atomic E-state index is -0.423. The van der Waals surface area contributed by atoms with E-state index >= 15 is 0 Å². The van der Waals surface area contributed by atoms with Crippen LogP contribution in [0.2, 0.25) is 0 Å². The van der Waals surface area contributed by atoms with Gasteiger partial charge in [0.1, 0.15) is 0 Å². The summed E-state index contributed by atoms with van der Waals surface area (Å²) < 4.78 is 5.47. The largest absolute Gasteiger partial charge is 0.334 e. The lowest BCUT2D eigenvalue weighted by Crippen LogP contribution is -2.34. The number of nitrogens with two attached hydrogens (primary N) is 1. The van der Waals surface area contributed by atoms with Crippen LogP contribution in [-0.2, 0) is 5.54 Å². The van der Waals surface area contributed by atoms with E-state index < -0.39 is 5.54 Å². The van der Waals surface area contributed by atoms with Gasteiger partial charge in [0.15, 0.2) is 5.82 Å². The molecule has 0 aliphatic heterocycles. The highest BCUT2D eigenvalue weighted by Crippen LogP contribution is 2.36. The average molecular weight is 280 g/mol. The molecule has 3 aromatic rings. The van der Waals surface area contributed by atoms with Gasteiger partial charge in [-0.2, -0.15) is 4.98 Å². The Morgan fingerprint density at radius 2 is 2.00 bits per heavy atom. The van der Waals surface area contributed by atoms with E-state index in [0.717, 1.165) is 42.0 Å². The molecular weight excluding hydrogens is 264 g/mol. The molecule has 0 spiro atoms. The molecule has 0 amide bonds. The standard InChI is InChI=1S/C16H16N4O/c17-16(7-1-2-8-16)15-19-14(21-20-15)13-5-3-4-11-10-18-9-6-12(11)13/h3-6,9-10H,1-2,7-8,17H2. The average Bonchev–Trinajstić information content (AvgIpc) is 3.16. The Balaban J connectivity index is 1.81. The molecular formula is C16H16N4O. The van der Waals surface area contributed by atoms with Gasteiger partial charge < -0.3 is 10.3 Å². The minimum absolute atomic E-state index is 0.423. The molecule has 21 heavy (non-hydrogen) atoms. The van der Waals surface area contributed by atoms with Crippen LogP contribution in [0.4, 0.5) is 0 Å². The highest BCUT2D eigenvalue weighted by molar-refractivity contribution is 5.94. The van der Waals surface area contributed by atoms with E-state index in [1.54, 1.807) is 6.20 Å². The van der Waals surface area contributed by atoms with Gasteiger partial charge >= 0.3 is 0 Å². The number of rotatable bonds is 2. The molecule has 1 fully saturated rings. The number of hydrogen-bond donors (Lipinski definition) is 1. The number of hydrogen-bond acceptors (Lipinski definition) is 5. The second-order valence-electron chi connectivity index (χ2n) is 5.69. The molecule has 0 bridgehead atoms. The van der Waals surface area contributed by atoms with E-state index in [-0.39, 0.29) is 0 Å². The van der Waals surface area contributed by atoms with E-state index in [1.807, 2.05) is 30.5 Å². The first-order valence-corrected chi connectivity index (χ1v) is 7.22. The van der Waals surface area contributed by atoms with E-state index in [1.165, 1.54) is 0 Å². The van der Waals surface area contributed by atoms with Crippen LogP contribution in [0.3, 0.4) is 0 Å². The fraction of sp³-hybridized carbons (Fsp3) is 0.312. The summed E-state index contributed by atoms with van der Waals surface area (Å²) in [5.41, 5.74) is 6.89. The normalized spacial score (nSPS) is 17.4. The van der Waals surface area contributed by atoms with Crippen LogP contribution < -0.4 is 5.73 Å². The van der Waals surface area contributed by atoms with Gasteiger partial charge in [-0.15, -0.1) is 0 Å². The SMILES string of the molecule is NC1(c2noc(-c3cccc4cnccc34)n2)CCCC1. The van der Waals surface area contributed by atoms with Gasteiger partial charge in [-0.05, 0) is 30.4 Å². The second kappa shape index (κ2) is 4.63. The summed E-state index contributed by atoms with van der Waals surface area (Å²) >= 11 is 0. The van der Waals surface area contributed by atoms with Crippen LogP contribution in [0.5, 0.6) is 0 Å². The maximum Gasteiger partial charge on any atom is 0.258 e. The summed E-state index contributed by atoms with van der Waals surface area (Å²) in [6, 6.07) is 7.93. The van der Waals surface area contributed by atoms with Crippen LogP contribution >= 0.6 is 0 Å². The maximum absolute atomic E-state index is 6.39. The lowest BCUT2D eigenvalue weighted by atomic mass is 9.98. The zero-order chi connectivity index (χ0) is 14.3. The molecule has 2 heterocycles. The van der Waals surface area contributed by atoms with Crippen molar-refractivity contribution in [1.29, 1.82) is 0 Å². The summed E-state index contributed by atoms with van der Waals surface area (Å²) in [4.78, 5) is 8.70. The minimum Gasteiger partial charge on any atom is -0.334 e. The first kappa shape index (κ1) is 12.5. The van der Waals surface area contributed by atoms with Gasteiger partial charge in [-0.1, -0.05) is 30.1 Å². The molecule has 1 aliphatic rings. The zero-order valence-electron chi connectivity index (χ0n) is 11.6. The summed E-state index contributed by atoms with van der Waals surface area (Å²) in [5, 5.41) is 6.24. The molecule has 1 aliphatic carbocycles. The molecule has 5 nitrogen and oxygen atoms in total. The Hall–Kier alpha value is -2.27. The molecule has 1 saturated carbocycles. The van der Waals surface area contributed by atoms with Crippen LogP contribution in [0.15, 0.2) is 41.2 Å². The van der Waals surface area contributed by atoms with Crippen molar-refractivity contribution in [3.05, 3.63) is 42.5 Å². The van der Waals surface area contributed by atoms with E-state index in [9.17, 15) is 0 Å². The molecule has 4 rings (SSSR count). The van der Waals surface area contributed by atoms with Crippen molar-refractivity contribution in [2.75, 3.05) is 0 Å². The van der Waals surface area contributed by atoms with Crippen LogP contribution in [0, 0.1) is 0 Å². The van der Waals surface area contributed by atoms with E-state index in [2.05, 4.69) is 15.1 Å². The Bertz CT molecular complexity index is 784. The monoisotopic (exact) mass is 280 g/mol. The molecule has 0 unspecified atom stereocenters. The Labute approximate surface area is 122 Å². The van der Waals surface area contributed by atoms with Crippen LogP contribution in [0.1, 0.15) is 31.5 Å². The van der Waals surface area contributed by atoms with Crippen LogP contribution in [0.25, 0.3) is 22.2 Å². The number of fused-ring (bicyclic) bond motifs is 1. The maximum atomic E-state index is 6.39. The number of pyridine rings is 1. The molecule has 2 aromatic heterocycles. The summed E-state index contributed by atoms with van der Waals surface area (Å²) in [6.07, 6.45) is 7.69. The number of aromatic nitrogens is 3. The Morgan fingerprint density at radius 3 is 2.86 bits per heavy atom. The summed E-state index contributed by atoms with van der Waals surface area (Å²) in [6.45, 7) is 0. The van der Waals surface area contributed by atoms with Gasteiger partial charge in [0.05, 0.1) is 5.54 Å². The predicted molar refractivity (Wildman–Crippen MR) is 79.4 cm³/mol. The molecule has 106 valence electrons. The van der Waals surface area contributed by atoms with Crippen molar-refractivity contribution in [3.8, 4) is 11.5 Å². The number of benzene rings is 1. The quantitative estimate of drug-likeness (QED) is 0.780. The second-order valence-corrected chi connectivity index (χ2v) is 5.69. The molecule has 1 aromatic carbocycles. The molecule has 2 N–H and O–H groups in total. The predicted octanol–water partition coefficient (Wildman–Crippen LogP) is 3.01. The van der Waals surface area contributed by atoms with Crippen LogP contribution in [-0.4, -0.2) is 15.1 Å². The third-order valence-electron chi connectivity index (χ3n) is 4.28. The molecule has 0 radical (unpaired) electrons. The third kappa shape index (κ3) is 2.01. The fourth-order valence-electron chi connectivity index (χ4n) is 3.07. The smallest absolute Gasteiger partial charge is 0.258 e. The lowest BCUT2D eigenvalue weighted by molar-refractivity contribution is 0.373. The van der Waals surface area contributed by atoms with Gasteiger partial charge in [0.25, 0.3) is 5.89 Å². The zero-order valence-corrected chi connectivity index (χ0v) is 11.6. The van der Waals surface area contributed by atoms with Gasteiger partial charge in [-0.3, -0.25) is 4.98 Å². The van der Waals surface area contributed by atoms with Crippen molar-refractivity contribution in [3.63, 3.8) is 0 Å². The van der Waals surface area contributed by atoms with Crippen molar-refractivity contribution < 1.29 is 4.52 Å². The lowest BCUT2D eigenvalue weighted by Gasteiger charge is -2.17. The first-order chi connectivity index (χ1) is 10.3. The topological polar surface area (TPSA) is 77.8 Å². The van der Waals surface area contributed by atoms with Gasteiger partial charge in [0, 0.05) is 23.3 Å². The van der Waals surface area contributed by atoms with Gasteiger partial charge in [0.2, 0.25) is 0 Å². The Kier molecular flexibility index (Phi) is 2.75. The van der Waals surface area contributed by atoms with Gasteiger partial charge in [-0.25, -0.2) is 0 Å². The summed E-state index contributed by atoms with van der Waals surface area (Å²) in [7, 11) is 0. The van der Waals surface area contributed by atoms with Crippen molar-refractivity contribution in [2.45, 2.75) is 31.2 Å². The highest BCUT2D eigenvalue weighted by atomic mass is 16.5. The molecule has 0 atom stereocenters. The van der Waals surface area contributed by atoms with E-state index in [0.29, 0.717) is 11.7 Å². The first-order valence-electron chi connectivity index (χ1n) is 7.22. The highest BCUT2D eigenvalue weighted by Gasteiger charge is 2.36. The fourth-order valence-corrected chi connectivity index (χ4v) is 3.07. The molecule has 5 heteroatoms. The van der Waals surface area contributed by atoms with E-state index in [4.69, 9.17) is 10.3 Å². The molecule has 0 saturated heterocycles. The summed E-state index contributed by atoms with van der Waals surface area (Å²) in [5.74, 6) is 1.15. The Morgan fingerprint density at radius 1 is 1.14 bits per heavy atom. The number of nitrogens with zero attached hydrogens (tertiary/aromatic N) is 3. The van der Waals surface area contributed by atoms with Crippen molar-refractivity contribution in [2.24, 2.45) is 5.73 Å².